The van der Waals surface area contributed by atoms with Crippen LogP contribution in [0.15, 0.2) is 33.0 Å². The van der Waals surface area contributed by atoms with Gasteiger partial charge in [0.05, 0.1) is 0 Å². The Balaban J connectivity index is 3.51. The molecule has 0 saturated heterocycles. The molecule has 0 aromatic heterocycles. The van der Waals surface area contributed by atoms with E-state index in [0.717, 1.165) is 6.42 Å². The van der Waals surface area contributed by atoms with Crippen molar-refractivity contribution in [2.75, 3.05) is 0 Å². The number of hydrogen-bond acceptors (Lipinski definition) is 0. The third kappa shape index (κ3) is 2.10. The summed E-state index contributed by atoms with van der Waals surface area (Å²) in [5.74, 6) is 0. The van der Waals surface area contributed by atoms with E-state index < -0.39 is 11.7 Å². The molecule has 86 valence electrons. The van der Waals surface area contributed by atoms with Crippen LogP contribution in [0.5, 0.6) is 0 Å². The van der Waals surface area contributed by atoms with Crippen LogP contribution in [0.1, 0.15) is 13.3 Å². The molecule has 1 heteroatoms. The van der Waals surface area contributed by atoms with Gasteiger partial charge in [0, 0.05) is 0 Å². The average Bonchev–Trinajstić information content (AvgIpc) is 2.31. The molecule has 0 aromatic rings. The van der Waals surface area contributed by atoms with Crippen LogP contribution >= 0.6 is 0 Å². The second kappa shape index (κ2) is 2.03. The molecule has 0 heterocycles. The van der Waals surface area contributed by atoms with E-state index >= 15 is 0 Å². The van der Waals surface area contributed by atoms with E-state index in [1.54, 1.807) is 4.09 Å². The van der Waals surface area contributed by atoms with Crippen molar-refractivity contribution in [2.24, 2.45) is 0 Å². The zero-order chi connectivity index (χ0) is 11.2. The van der Waals surface area contributed by atoms with Crippen LogP contribution in [0, 0.1) is 0 Å². The Morgan fingerprint density at radius 1 is 1.14 bits per heavy atom. The zero-order valence-corrected chi connectivity index (χ0v) is 12.8. The van der Waals surface area contributed by atoms with Crippen molar-refractivity contribution in [3.63, 3.8) is 0 Å². The Kier molecular flexibility index (Phi) is 1.73. The summed E-state index contributed by atoms with van der Waals surface area (Å²) in [6, 6.07) is 0. The molecular formula is C13H25Ir. The van der Waals surface area contributed by atoms with Gasteiger partial charge in [-0.15, -0.1) is 0 Å². The monoisotopic (exact) mass is 374 g/mol. The molecule has 0 bridgehead atoms. The molecule has 14 heavy (non-hydrogen) atoms. The molecule has 0 aromatic carbocycles. The van der Waals surface area contributed by atoms with Gasteiger partial charge in [0.1, 0.15) is 0 Å². The number of allylic oxidation sites excluding steroid dienone is 5. The van der Waals surface area contributed by atoms with Gasteiger partial charge in [0.15, 0.2) is 0 Å². The maximum atomic E-state index is 2.50. The van der Waals surface area contributed by atoms with E-state index in [9.17, 15) is 0 Å². The van der Waals surface area contributed by atoms with E-state index in [1.807, 2.05) is 0 Å². The summed E-state index contributed by atoms with van der Waals surface area (Å²) in [4.78, 5) is 0. The van der Waals surface area contributed by atoms with E-state index in [4.69, 9.17) is 0 Å². The molecule has 1 aliphatic rings. The molecule has 0 aliphatic heterocycles. The first kappa shape index (κ1) is 11.9. The van der Waals surface area contributed by atoms with Gasteiger partial charge in [-0.25, -0.2) is 0 Å². The second-order valence-electron chi connectivity index (χ2n) is 6.89. The fourth-order valence-electron chi connectivity index (χ4n) is 1.78. The molecule has 0 atom stereocenters. The molecule has 0 spiro atoms. The van der Waals surface area contributed by atoms with Crippen LogP contribution < -0.4 is 0 Å². The van der Waals surface area contributed by atoms with Crippen molar-refractivity contribution in [3.8, 4) is 0 Å². The van der Waals surface area contributed by atoms with Gasteiger partial charge in [0.25, 0.3) is 0 Å². The first-order valence-electron chi connectivity index (χ1n) is 4.65. The van der Waals surface area contributed by atoms with Crippen molar-refractivity contribution in [3.05, 3.63) is 33.0 Å². The van der Waals surface area contributed by atoms with Crippen molar-refractivity contribution < 1.29 is 11.7 Å². The molecule has 0 nitrogen and oxygen atoms in total. The minimum atomic E-state index is -3.47. The van der Waals surface area contributed by atoms with E-state index in [1.165, 1.54) is 0 Å². The summed E-state index contributed by atoms with van der Waals surface area (Å²) in [7, 11) is 0. The third-order valence-electron chi connectivity index (χ3n) is 2.63. The number of hydrogen-bond donors (Lipinski definition) is 0. The molecule has 1 rings (SSSR count). The van der Waals surface area contributed by atoms with Crippen molar-refractivity contribution >= 4 is 0 Å². The summed E-state index contributed by atoms with van der Waals surface area (Å²) >= 11 is -3.47. The van der Waals surface area contributed by atoms with Crippen LogP contribution in [-0.2, 0) is 11.7 Å². The van der Waals surface area contributed by atoms with E-state index in [0.29, 0.717) is 0 Å². The maximum absolute atomic E-state index is 3.47. The topological polar surface area (TPSA) is 0 Å². The summed E-state index contributed by atoms with van der Waals surface area (Å²) in [6.45, 7) is 2.13. The van der Waals surface area contributed by atoms with Gasteiger partial charge in [-0.3, -0.25) is 0 Å². The van der Waals surface area contributed by atoms with Gasteiger partial charge < -0.3 is 0 Å². The van der Waals surface area contributed by atoms with Crippen molar-refractivity contribution in [1.82, 2.24) is 0 Å². The summed E-state index contributed by atoms with van der Waals surface area (Å²) in [5.41, 5.74) is 12.5. The summed E-state index contributed by atoms with van der Waals surface area (Å²) in [6.07, 6.45) is 10.2. The van der Waals surface area contributed by atoms with Gasteiger partial charge in [-0.05, 0) is 0 Å². The van der Waals surface area contributed by atoms with Crippen molar-refractivity contribution in [2.45, 2.75) is 40.5 Å². The van der Waals surface area contributed by atoms with Crippen LogP contribution in [-0.4, -0.2) is 0 Å². The van der Waals surface area contributed by atoms with Crippen molar-refractivity contribution in [1.29, 1.82) is 0 Å². The molecule has 0 fully saturated rings. The third-order valence-corrected chi connectivity index (χ3v) is 17.3. The first-order valence-corrected chi connectivity index (χ1v) is 19.2. The van der Waals surface area contributed by atoms with Gasteiger partial charge in [-0.1, -0.05) is 0 Å². The van der Waals surface area contributed by atoms with E-state index in [2.05, 4.69) is 63.0 Å². The zero-order valence-electron chi connectivity index (χ0n) is 10.4. The van der Waals surface area contributed by atoms with Crippen LogP contribution in [0.25, 0.3) is 0 Å². The quantitative estimate of drug-likeness (QED) is 0.611. The van der Waals surface area contributed by atoms with Gasteiger partial charge >= 0.3 is 85.2 Å². The first-order chi connectivity index (χ1) is 5.90. The molecule has 1 aliphatic carbocycles. The Morgan fingerprint density at radius 2 is 1.71 bits per heavy atom. The fraction of sp³-hybridized carbons (Fsp3) is 0.538. The Bertz CT molecular complexity index is 361. The summed E-state index contributed by atoms with van der Waals surface area (Å²) in [5, 5.41) is 0. The Morgan fingerprint density at radius 3 is 2.07 bits per heavy atom. The van der Waals surface area contributed by atoms with Crippen LogP contribution in [0.3, 0.4) is 0 Å². The van der Waals surface area contributed by atoms with Gasteiger partial charge in [0.2, 0.25) is 0 Å². The minimum absolute atomic E-state index is 1.14. The molecule has 0 N–H and O–H groups in total. The molecule has 0 unspecified atom stereocenters. The molecule has 0 amide bonds. The Labute approximate surface area is 85.2 Å². The average molecular weight is 374 g/mol. The predicted octanol–water partition coefficient (Wildman–Crippen LogP) is 5.37. The summed E-state index contributed by atoms with van der Waals surface area (Å²) < 4.78 is 4.14. The van der Waals surface area contributed by atoms with Gasteiger partial charge in [-0.2, -0.15) is 0 Å². The van der Waals surface area contributed by atoms with Crippen LogP contribution in [0.4, 0.5) is 0 Å². The Hall–Kier alpha value is -0.131. The molecule has 0 saturated carbocycles. The molecular weight excluding hydrogens is 348 g/mol. The second-order valence-corrected chi connectivity index (χ2v) is 46.8. The van der Waals surface area contributed by atoms with Crippen LogP contribution in [0.2, 0.25) is 27.2 Å². The fourth-order valence-corrected chi connectivity index (χ4v) is 12.2. The molecule has 0 radical (unpaired) electrons. The SMILES string of the molecule is CC=[CH][Ir]([CH3])([CH3])([CH3])([CH3])([CH3])[C]1=CC=CC1. The number of rotatable bonds is 2. The standard InChI is InChI=1S/C5H5.C3H5.5CH3.Ir/c1-2-4-5-3-1;1-3-2;;;;;;/h1-3H,4H2;1,3H,2H3;5*1H3;. The normalized spacial score (nSPS) is 25.3. The predicted molar refractivity (Wildman–Crippen MR) is 66.0 cm³/mol. The van der Waals surface area contributed by atoms with E-state index in [-0.39, 0.29) is 0 Å².